The lowest BCUT2D eigenvalue weighted by molar-refractivity contribution is 0.0674. The lowest BCUT2D eigenvalue weighted by atomic mass is 10.1. The Morgan fingerprint density at radius 1 is 1.54 bits per heavy atom. The van der Waals surface area contributed by atoms with Crippen LogP contribution in [0.5, 0.6) is 0 Å². The molecule has 1 saturated heterocycles. The van der Waals surface area contributed by atoms with Crippen LogP contribution in [0.1, 0.15) is 26.7 Å². The molecule has 0 aromatic carbocycles. The van der Waals surface area contributed by atoms with Gasteiger partial charge in [0, 0.05) is 25.2 Å². The molecule has 1 aliphatic heterocycles. The van der Waals surface area contributed by atoms with Crippen molar-refractivity contribution in [3.63, 3.8) is 0 Å². The van der Waals surface area contributed by atoms with E-state index in [9.17, 15) is 0 Å². The van der Waals surface area contributed by atoms with E-state index in [1.807, 2.05) is 0 Å². The summed E-state index contributed by atoms with van der Waals surface area (Å²) in [7, 11) is 2.12. The molecule has 3 heteroatoms. The SMILES string of the molecule is CC(N)C(C)N(C)CC1CCCO1. The number of rotatable bonds is 4. The molecule has 0 bridgehead atoms. The van der Waals surface area contributed by atoms with E-state index < -0.39 is 0 Å². The molecule has 78 valence electrons. The largest absolute Gasteiger partial charge is 0.377 e. The molecule has 1 fully saturated rings. The van der Waals surface area contributed by atoms with Gasteiger partial charge in [-0.1, -0.05) is 0 Å². The van der Waals surface area contributed by atoms with Crippen LogP contribution in [0, 0.1) is 0 Å². The Balaban J connectivity index is 2.26. The number of hydrogen-bond acceptors (Lipinski definition) is 3. The average Bonchev–Trinajstić information content (AvgIpc) is 2.55. The third-order valence-corrected chi connectivity index (χ3v) is 2.97. The third-order valence-electron chi connectivity index (χ3n) is 2.97. The van der Waals surface area contributed by atoms with Crippen LogP contribution < -0.4 is 5.73 Å². The van der Waals surface area contributed by atoms with Crippen molar-refractivity contribution in [2.24, 2.45) is 5.73 Å². The molecule has 0 aliphatic carbocycles. The number of nitrogens with zero attached hydrogens (tertiary/aromatic N) is 1. The Bertz CT molecular complexity index is 144. The van der Waals surface area contributed by atoms with Crippen LogP contribution in [0.25, 0.3) is 0 Å². The minimum atomic E-state index is 0.228. The molecule has 13 heavy (non-hydrogen) atoms. The van der Waals surface area contributed by atoms with Gasteiger partial charge < -0.3 is 10.5 Å². The Morgan fingerprint density at radius 3 is 2.69 bits per heavy atom. The summed E-state index contributed by atoms with van der Waals surface area (Å²) in [6.07, 6.45) is 2.85. The van der Waals surface area contributed by atoms with E-state index in [1.54, 1.807) is 0 Å². The zero-order valence-corrected chi connectivity index (χ0v) is 8.99. The van der Waals surface area contributed by atoms with E-state index in [0.29, 0.717) is 12.1 Å². The smallest absolute Gasteiger partial charge is 0.0702 e. The molecule has 0 aromatic heterocycles. The van der Waals surface area contributed by atoms with Gasteiger partial charge in [-0.2, -0.15) is 0 Å². The van der Waals surface area contributed by atoms with Crippen molar-refractivity contribution in [2.45, 2.75) is 44.9 Å². The van der Waals surface area contributed by atoms with E-state index in [2.05, 4.69) is 25.8 Å². The second-order valence-electron chi connectivity index (χ2n) is 4.17. The van der Waals surface area contributed by atoms with E-state index in [0.717, 1.165) is 13.2 Å². The Hall–Kier alpha value is -0.120. The summed E-state index contributed by atoms with van der Waals surface area (Å²) in [4.78, 5) is 2.29. The van der Waals surface area contributed by atoms with Gasteiger partial charge in [-0.25, -0.2) is 0 Å². The van der Waals surface area contributed by atoms with Crippen LogP contribution in [0.3, 0.4) is 0 Å². The molecule has 0 spiro atoms. The quantitative estimate of drug-likeness (QED) is 0.707. The molecule has 3 atom stereocenters. The maximum atomic E-state index is 5.83. The number of likely N-dealkylation sites (N-methyl/N-ethyl adjacent to an activating group) is 1. The van der Waals surface area contributed by atoms with E-state index in [-0.39, 0.29) is 6.04 Å². The van der Waals surface area contributed by atoms with E-state index >= 15 is 0 Å². The summed E-state index contributed by atoms with van der Waals surface area (Å²) < 4.78 is 5.57. The maximum absolute atomic E-state index is 5.83. The minimum Gasteiger partial charge on any atom is -0.377 e. The van der Waals surface area contributed by atoms with Gasteiger partial charge in [-0.15, -0.1) is 0 Å². The van der Waals surface area contributed by atoms with Crippen molar-refractivity contribution in [2.75, 3.05) is 20.2 Å². The highest BCUT2D eigenvalue weighted by Gasteiger charge is 2.21. The summed E-state index contributed by atoms with van der Waals surface area (Å²) in [6.45, 7) is 6.17. The fourth-order valence-electron chi connectivity index (χ4n) is 1.68. The number of nitrogens with two attached hydrogens (primary N) is 1. The molecule has 0 aromatic rings. The van der Waals surface area contributed by atoms with Crippen LogP contribution in [0.15, 0.2) is 0 Å². The lowest BCUT2D eigenvalue weighted by Gasteiger charge is -2.29. The average molecular weight is 186 g/mol. The van der Waals surface area contributed by atoms with Gasteiger partial charge in [0.1, 0.15) is 0 Å². The van der Waals surface area contributed by atoms with Crippen molar-refractivity contribution in [1.29, 1.82) is 0 Å². The first-order valence-electron chi connectivity index (χ1n) is 5.18. The first kappa shape index (κ1) is 11.0. The third kappa shape index (κ3) is 3.25. The van der Waals surface area contributed by atoms with Crippen molar-refractivity contribution in [3.8, 4) is 0 Å². The summed E-state index contributed by atoms with van der Waals surface area (Å²) in [5.74, 6) is 0. The molecule has 0 radical (unpaired) electrons. The second kappa shape index (κ2) is 4.94. The van der Waals surface area contributed by atoms with E-state index in [4.69, 9.17) is 10.5 Å². The van der Waals surface area contributed by atoms with Gasteiger partial charge in [-0.3, -0.25) is 4.90 Å². The topological polar surface area (TPSA) is 38.5 Å². The highest BCUT2D eigenvalue weighted by atomic mass is 16.5. The van der Waals surface area contributed by atoms with Crippen LogP contribution in [-0.2, 0) is 4.74 Å². The van der Waals surface area contributed by atoms with Crippen molar-refractivity contribution >= 4 is 0 Å². The van der Waals surface area contributed by atoms with Gasteiger partial charge in [0.05, 0.1) is 6.10 Å². The van der Waals surface area contributed by atoms with Crippen LogP contribution in [0.2, 0.25) is 0 Å². The van der Waals surface area contributed by atoms with Crippen molar-refractivity contribution in [1.82, 2.24) is 4.90 Å². The Kier molecular flexibility index (Phi) is 4.16. The standard InChI is InChI=1S/C10H22N2O/c1-8(11)9(2)12(3)7-10-5-4-6-13-10/h8-10H,4-7,11H2,1-3H3. The van der Waals surface area contributed by atoms with Gasteiger partial charge in [0.2, 0.25) is 0 Å². The lowest BCUT2D eigenvalue weighted by Crippen LogP contribution is -2.45. The number of hydrogen-bond donors (Lipinski definition) is 1. The fraction of sp³-hybridized carbons (Fsp3) is 1.00. The maximum Gasteiger partial charge on any atom is 0.0702 e. The van der Waals surface area contributed by atoms with Gasteiger partial charge >= 0.3 is 0 Å². The molecule has 3 nitrogen and oxygen atoms in total. The zero-order valence-electron chi connectivity index (χ0n) is 8.99. The fourth-order valence-corrected chi connectivity index (χ4v) is 1.68. The summed E-state index contributed by atoms with van der Waals surface area (Å²) in [6, 6.07) is 0.663. The molecule has 2 N–H and O–H groups in total. The number of ether oxygens (including phenoxy) is 1. The highest BCUT2D eigenvalue weighted by molar-refractivity contribution is 4.76. The molecular formula is C10H22N2O. The predicted molar refractivity (Wildman–Crippen MR) is 54.7 cm³/mol. The molecule has 3 unspecified atom stereocenters. The Morgan fingerprint density at radius 2 is 2.23 bits per heavy atom. The van der Waals surface area contributed by atoms with Crippen LogP contribution in [0.4, 0.5) is 0 Å². The second-order valence-corrected chi connectivity index (χ2v) is 4.17. The summed E-state index contributed by atoms with van der Waals surface area (Å²) >= 11 is 0. The molecule has 1 aliphatic rings. The minimum absolute atomic E-state index is 0.228. The molecule has 0 saturated carbocycles. The van der Waals surface area contributed by atoms with Crippen molar-refractivity contribution in [3.05, 3.63) is 0 Å². The summed E-state index contributed by atoms with van der Waals surface area (Å²) in [5.41, 5.74) is 5.83. The zero-order chi connectivity index (χ0) is 9.84. The molecule has 1 rings (SSSR count). The van der Waals surface area contributed by atoms with Gasteiger partial charge in [-0.05, 0) is 33.7 Å². The van der Waals surface area contributed by atoms with Gasteiger partial charge in [0.15, 0.2) is 0 Å². The molecule has 1 heterocycles. The van der Waals surface area contributed by atoms with E-state index in [1.165, 1.54) is 12.8 Å². The van der Waals surface area contributed by atoms with Gasteiger partial charge in [0.25, 0.3) is 0 Å². The highest BCUT2D eigenvalue weighted by Crippen LogP contribution is 2.14. The Labute approximate surface area is 81.2 Å². The normalized spacial score (nSPS) is 27.9. The molecule has 0 amide bonds. The first-order chi connectivity index (χ1) is 6.11. The predicted octanol–water partition coefficient (Wildman–Crippen LogP) is 0.833. The van der Waals surface area contributed by atoms with Crippen molar-refractivity contribution < 1.29 is 4.74 Å². The van der Waals surface area contributed by atoms with Crippen LogP contribution in [-0.4, -0.2) is 43.3 Å². The monoisotopic (exact) mass is 186 g/mol. The summed E-state index contributed by atoms with van der Waals surface area (Å²) in [5, 5.41) is 0. The van der Waals surface area contributed by atoms with Crippen LogP contribution >= 0.6 is 0 Å². The molecular weight excluding hydrogens is 164 g/mol. The first-order valence-corrected chi connectivity index (χ1v) is 5.18.